The first-order valence-electron chi connectivity index (χ1n) is 10.4. The maximum Gasteiger partial charge on any atom is 0.234 e. The average molecular weight is 459 g/mol. The minimum atomic E-state index is 0.0175. The van der Waals surface area contributed by atoms with Crippen molar-refractivity contribution in [2.24, 2.45) is 5.92 Å². The van der Waals surface area contributed by atoms with Gasteiger partial charge in [-0.1, -0.05) is 38.1 Å². The number of carbonyl (C=O) groups is 1. The summed E-state index contributed by atoms with van der Waals surface area (Å²) in [7, 11) is 0. The van der Waals surface area contributed by atoms with Crippen LogP contribution in [0.3, 0.4) is 0 Å². The molecule has 1 aliphatic heterocycles. The van der Waals surface area contributed by atoms with Crippen LogP contribution < -0.4 is 10.2 Å². The lowest BCUT2D eigenvalue weighted by Crippen LogP contribution is -2.49. The van der Waals surface area contributed by atoms with Gasteiger partial charge in [0.1, 0.15) is 5.82 Å². The quantitative estimate of drug-likeness (QED) is 0.679. The van der Waals surface area contributed by atoms with E-state index in [9.17, 15) is 4.79 Å². The summed E-state index contributed by atoms with van der Waals surface area (Å²) < 4.78 is 0.986. The Morgan fingerprint density at radius 2 is 1.76 bits per heavy atom. The Morgan fingerprint density at radius 1 is 1.07 bits per heavy atom. The second kappa shape index (κ2) is 10.2. The van der Waals surface area contributed by atoms with Crippen LogP contribution in [0.15, 0.2) is 47.1 Å². The molecule has 1 aromatic heterocycles. The number of amides is 1. The van der Waals surface area contributed by atoms with Gasteiger partial charge in [-0.25, -0.2) is 4.98 Å². The van der Waals surface area contributed by atoms with Gasteiger partial charge in [0.15, 0.2) is 0 Å². The van der Waals surface area contributed by atoms with Crippen molar-refractivity contribution in [2.75, 3.05) is 37.6 Å². The molecule has 1 saturated heterocycles. The second-order valence-corrected chi connectivity index (χ2v) is 9.14. The maximum atomic E-state index is 12.5. The minimum absolute atomic E-state index is 0.0175. The Kier molecular flexibility index (Phi) is 7.67. The first-order chi connectivity index (χ1) is 13.9. The van der Waals surface area contributed by atoms with Crippen LogP contribution in [0.4, 0.5) is 5.82 Å². The molecule has 156 valence electrons. The highest BCUT2D eigenvalue weighted by atomic mass is 79.9. The molecule has 5 nitrogen and oxygen atoms in total. The third-order valence-corrected chi connectivity index (χ3v) is 5.75. The number of carbonyl (C=O) groups excluding carboxylic acids is 1. The summed E-state index contributed by atoms with van der Waals surface area (Å²) in [5, 5.41) is 3.14. The van der Waals surface area contributed by atoms with Crippen molar-refractivity contribution in [3.8, 4) is 0 Å². The normalized spacial score (nSPS) is 16.1. The van der Waals surface area contributed by atoms with E-state index in [1.807, 2.05) is 25.3 Å². The highest BCUT2D eigenvalue weighted by Crippen LogP contribution is 2.17. The van der Waals surface area contributed by atoms with E-state index in [0.29, 0.717) is 12.5 Å². The zero-order valence-corrected chi connectivity index (χ0v) is 19.2. The van der Waals surface area contributed by atoms with Gasteiger partial charge in [0.2, 0.25) is 5.91 Å². The number of aromatic nitrogens is 1. The van der Waals surface area contributed by atoms with Crippen molar-refractivity contribution in [2.45, 2.75) is 33.2 Å². The molecule has 2 aromatic rings. The average Bonchev–Trinajstić information content (AvgIpc) is 2.69. The Bertz CT molecular complexity index is 784. The number of halogens is 1. The summed E-state index contributed by atoms with van der Waals surface area (Å²) >= 11 is 3.42. The fourth-order valence-corrected chi connectivity index (χ4v) is 3.91. The lowest BCUT2D eigenvalue weighted by Gasteiger charge is -2.35. The van der Waals surface area contributed by atoms with Gasteiger partial charge in [-0.3, -0.25) is 9.69 Å². The zero-order valence-electron chi connectivity index (χ0n) is 17.6. The molecule has 1 unspecified atom stereocenters. The van der Waals surface area contributed by atoms with E-state index < -0.39 is 0 Å². The molecule has 1 aromatic carbocycles. The number of piperazine rings is 1. The zero-order chi connectivity index (χ0) is 20.8. The molecule has 1 amide bonds. The van der Waals surface area contributed by atoms with Gasteiger partial charge in [0.05, 0.1) is 12.6 Å². The maximum absolute atomic E-state index is 12.5. The summed E-state index contributed by atoms with van der Waals surface area (Å²) in [5.74, 6) is 1.73. The fourth-order valence-electron chi connectivity index (χ4n) is 3.68. The third kappa shape index (κ3) is 6.54. The van der Waals surface area contributed by atoms with Crippen molar-refractivity contribution in [1.29, 1.82) is 0 Å². The molecule has 0 spiro atoms. The van der Waals surface area contributed by atoms with Gasteiger partial charge >= 0.3 is 0 Å². The molecule has 1 fully saturated rings. The van der Waals surface area contributed by atoms with Crippen molar-refractivity contribution in [3.05, 3.63) is 58.2 Å². The van der Waals surface area contributed by atoms with E-state index in [-0.39, 0.29) is 11.9 Å². The molecule has 6 heteroatoms. The summed E-state index contributed by atoms with van der Waals surface area (Å²) in [5.41, 5.74) is 2.50. The highest BCUT2D eigenvalue weighted by Gasteiger charge is 2.20. The van der Waals surface area contributed by atoms with E-state index >= 15 is 0 Å². The van der Waals surface area contributed by atoms with Gasteiger partial charge < -0.3 is 10.2 Å². The number of hydrogen-bond donors (Lipinski definition) is 1. The largest absolute Gasteiger partial charge is 0.354 e. The van der Waals surface area contributed by atoms with Crippen LogP contribution in [-0.2, 0) is 11.2 Å². The number of nitrogens with zero attached hydrogens (tertiary/aromatic N) is 3. The van der Waals surface area contributed by atoms with Crippen LogP contribution in [0.25, 0.3) is 0 Å². The third-order valence-electron chi connectivity index (χ3n) is 5.28. The molecule has 29 heavy (non-hydrogen) atoms. The number of benzene rings is 1. The molecule has 1 atom stereocenters. The molecule has 1 N–H and O–H groups in total. The lowest BCUT2D eigenvalue weighted by molar-refractivity contribution is -0.123. The number of rotatable bonds is 7. The first kappa shape index (κ1) is 21.8. The molecular weight excluding hydrogens is 428 g/mol. The Balaban J connectivity index is 1.44. The lowest BCUT2D eigenvalue weighted by atomic mass is 10.00. The fraction of sp³-hybridized carbons (Fsp3) is 0.478. The van der Waals surface area contributed by atoms with Crippen LogP contribution in [-0.4, -0.2) is 48.5 Å². The number of anilines is 1. The Labute approximate surface area is 182 Å². The molecule has 3 rings (SSSR count). The molecule has 0 radical (unpaired) electrons. The van der Waals surface area contributed by atoms with Gasteiger partial charge in [-0.15, -0.1) is 0 Å². The summed E-state index contributed by atoms with van der Waals surface area (Å²) in [6, 6.07) is 12.7. The Morgan fingerprint density at radius 3 is 2.34 bits per heavy atom. The molecule has 0 aliphatic carbocycles. The van der Waals surface area contributed by atoms with Crippen LogP contribution in [0.1, 0.15) is 37.9 Å². The summed E-state index contributed by atoms with van der Waals surface area (Å²) in [6.07, 6.45) is 2.91. The number of hydrogen-bond acceptors (Lipinski definition) is 4. The highest BCUT2D eigenvalue weighted by molar-refractivity contribution is 9.10. The summed E-state index contributed by atoms with van der Waals surface area (Å²) in [6.45, 7) is 10.4. The summed E-state index contributed by atoms with van der Waals surface area (Å²) in [4.78, 5) is 21.5. The van der Waals surface area contributed by atoms with E-state index in [4.69, 9.17) is 0 Å². The minimum Gasteiger partial charge on any atom is -0.354 e. The van der Waals surface area contributed by atoms with Crippen molar-refractivity contribution < 1.29 is 4.79 Å². The number of nitrogens with one attached hydrogen (secondary N) is 1. The van der Waals surface area contributed by atoms with E-state index in [1.165, 1.54) is 5.56 Å². The van der Waals surface area contributed by atoms with E-state index in [1.54, 1.807) is 0 Å². The number of pyridine rings is 1. The molecule has 0 saturated carbocycles. The monoisotopic (exact) mass is 458 g/mol. The molecule has 1 aliphatic rings. The predicted molar refractivity (Wildman–Crippen MR) is 122 cm³/mol. The van der Waals surface area contributed by atoms with Crippen molar-refractivity contribution >= 4 is 27.7 Å². The topological polar surface area (TPSA) is 48.5 Å². The van der Waals surface area contributed by atoms with Gasteiger partial charge in [-0.05, 0) is 58.5 Å². The molecular formula is C23H31BrN4O. The second-order valence-electron chi connectivity index (χ2n) is 8.23. The van der Waals surface area contributed by atoms with Crippen LogP contribution >= 0.6 is 15.9 Å². The van der Waals surface area contributed by atoms with Gasteiger partial charge in [0.25, 0.3) is 0 Å². The molecule has 2 heterocycles. The van der Waals surface area contributed by atoms with Crippen molar-refractivity contribution in [1.82, 2.24) is 15.2 Å². The van der Waals surface area contributed by atoms with Gasteiger partial charge in [-0.2, -0.15) is 0 Å². The molecule has 0 bridgehead atoms. The predicted octanol–water partition coefficient (Wildman–Crippen LogP) is 4.04. The van der Waals surface area contributed by atoms with Crippen LogP contribution in [0.2, 0.25) is 0 Å². The first-order valence-corrected chi connectivity index (χ1v) is 11.2. The smallest absolute Gasteiger partial charge is 0.234 e. The van der Waals surface area contributed by atoms with Gasteiger partial charge in [0, 0.05) is 36.8 Å². The standard InChI is InChI=1S/C23H31BrN4O/c1-17(2)14-19-4-6-20(7-5-19)18(3)26-23(29)16-27-10-12-28(13-11-27)22-9-8-21(24)15-25-22/h4-9,15,17-18H,10-14,16H2,1-3H3,(H,26,29). The van der Waals surface area contributed by atoms with Crippen LogP contribution in [0.5, 0.6) is 0 Å². The van der Waals surface area contributed by atoms with Crippen molar-refractivity contribution in [3.63, 3.8) is 0 Å². The van der Waals surface area contributed by atoms with Crippen LogP contribution in [0, 0.1) is 5.92 Å². The van der Waals surface area contributed by atoms with E-state index in [2.05, 4.69) is 74.1 Å². The van der Waals surface area contributed by atoms with E-state index in [0.717, 1.165) is 48.5 Å². The Hall–Kier alpha value is -1.92. The SMILES string of the molecule is CC(C)Cc1ccc(C(C)NC(=O)CN2CCN(c3ccc(Br)cn3)CC2)cc1.